The van der Waals surface area contributed by atoms with Crippen LogP contribution in [-0.2, 0) is 6.42 Å². The molecule has 1 N–H and O–H groups in total. The summed E-state index contributed by atoms with van der Waals surface area (Å²) in [5.74, 6) is -0.435. The molecule has 1 aromatic carbocycles. The molecule has 0 aromatic heterocycles. The van der Waals surface area contributed by atoms with Gasteiger partial charge in [0.05, 0.1) is 0 Å². The van der Waals surface area contributed by atoms with Crippen molar-refractivity contribution in [2.24, 2.45) is 5.92 Å². The van der Waals surface area contributed by atoms with Gasteiger partial charge in [-0.25, -0.2) is 8.78 Å². The Morgan fingerprint density at radius 2 is 2.00 bits per heavy atom. The third-order valence-corrected chi connectivity index (χ3v) is 2.94. The van der Waals surface area contributed by atoms with Gasteiger partial charge in [-0.3, -0.25) is 0 Å². The van der Waals surface area contributed by atoms with Gasteiger partial charge in [0, 0.05) is 5.56 Å². The molecule has 1 aliphatic rings. The highest BCUT2D eigenvalue weighted by atomic mass is 19.1. The van der Waals surface area contributed by atoms with Crippen LogP contribution in [0.2, 0.25) is 0 Å². The van der Waals surface area contributed by atoms with Gasteiger partial charge in [0.25, 0.3) is 0 Å². The Balaban J connectivity index is 2.19. The lowest BCUT2D eigenvalue weighted by Gasteiger charge is -2.10. The largest absolute Gasteiger partial charge is 0.316 e. The molecule has 0 bridgehead atoms. The molecule has 1 nitrogen and oxygen atoms in total. The zero-order chi connectivity index (χ0) is 10.8. The van der Waals surface area contributed by atoms with Crippen molar-refractivity contribution in [2.45, 2.75) is 19.8 Å². The summed E-state index contributed by atoms with van der Waals surface area (Å²) in [5.41, 5.74) is 0.882. The lowest BCUT2D eigenvalue weighted by molar-refractivity contribution is 0.505. The normalized spacial score (nSPS) is 20.9. The average Bonchev–Trinajstić information content (AvgIpc) is 2.63. The molecule has 0 saturated carbocycles. The van der Waals surface area contributed by atoms with E-state index < -0.39 is 11.6 Å². The van der Waals surface area contributed by atoms with Crippen molar-refractivity contribution >= 4 is 0 Å². The van der Waals surface area contributed by atoms with E-state index in [2.05, 4.69) is 5.32 Å². The zero-order valence-electron chi connectivity index (χ0n) is 8.82. The second kappa shape index (κ2) is 4.27. The lowest BCUT2D eigenvalue weighted by atomic mass is 9.97. The molecule has 0 amide bonds. The fraction of sp³-hybridized carbons (Fsp3) is 0.500. The minimum Gasteiger partial charge on any atom is -0.316 e. The van der Waals surface area contributed by atoms with E-state index in [0.717, 1.165) is 19.5 Å². The number of hydrogen-bond acceptors (Lipinski definition) is 1. The van der Waals surface area contributed by atoms with E-state index in [1.165, 1.54) is 12.1 Å². The van der Waals surface area contributed by atoms with Gasteiger partial charge in [-0.1, -0.05) is 0 Å². The van der Waals surface area contributed by atoms with Gasteiger partial charge in [0.15, 0.2) is 0 Å². The summed E-state index contributed by atoms with van der Waals surface area (Å²) in [6.45, 7) is 3.53. The second-order valence-corrected chi connectivity index (χ2v) is 4.27. The van der Waals surface area contributed by atoms with Crippen molar-refractivity contribution in [3.05, 3.63) is 34.9 Å². The van der Waals surface area contributed by atoms with Crippen molar-refractivity contribution in [1.29, 1.82) is 0 Å². The number of aryl methyl sites for hydroxylation is 1. The van der Waals surface area contributed by atoms with Gasteiger partial charge in [-0.2, -0.15) is 0 Å². The Kier molecular flexibility index (Phi) is 3.00. The van der Waals surface area contributed by atoms with Crippen molar-refractivity contribution < 1.29 is 8.78 Å². The highest BCUT2D eigenvalue weighted by Crippen LogP contribution is 2.21. The molecule has 1 fully saturated rings. The fourth-order valence-corrected chi connectivity index (χ4v) is 2.10. The summed E-state index contributed by atoms with van der Waals surface area (Å²) in [6, 6.07) is 2.81. The van der Waals surface area contributed by atoms with Crippen LogP contribution >= 0.6 is 0 Å². The van der Waals surface area contributed by atoms with Crippen LogP contribution in [0.3, 0.4) is 0 Å². The Morgan fingerprint density at radius 1 is 1.33 bits per heavy atom. The average molecular weight is 211 g/mol. The summed E-state index contributed by atoms with van der Waals surface area (Å²) < 4.78 is 27.0. The van der Waals surface area contributed by atoms with E-state index in [4.69, 9.17) is 0 Å². The van der Waals surface area contributed by atoms with Gasteiger partial charge in [0.2, 0.25) is 0 Å². The zero-order valence-corrected chi connectivity index (χ0v) is 8.82. The van der Waals surface area contributed by atoms with Crippen molar-refractivity contribution in [1.82, 2.24) is 5.32 Å². The van der Waals surface area contributed by atoms with E-state index in [9.17, 15) is 8.78 Å². The van der Waals surface area contributed by atoms with Gasteiger partial charge >= 0.3 is 0 Å². The van der Waals surface area contributed by atoms with Gasteiger partial charge < -0.3 is 5.32 Å². The van der Waals surface area contributed by atoms with E-state index in [-0.39, 0.29) is 5.56 Å². The van der Waals surface area contributed by atoms with Crippen LogP contribution in [0, 0.1) is 24.5 Å². The van der Waals surface area contributed by atoms with Crippen molar-refractivity contribution in [3.8, 4) is 0 Å². The third kappa shape index (κ3) is 2.34. The van der Waals surface area contributed by atoms with Crippen molar-refractivity contribution in [3.63, 3.8) is 0 Å². The molecule has 82 valence electrons. The first-order chi connectivity index (χ1) is 7.16. The number of nitrogens with one attached hydrogen (secondary N) is 1. The number of hydrogen-bond donors (Lipinski definition) is 1. The minimum atomic E-state index is -0.403. The highest BCUT2D eigenvalue weighted by molar-refractivity contribution is 5.26. The third-order valence-electron chi connectivity index (χ3n) is 2.94. The van der Waals surface area contributed by atoms with Crippen LogP contribution in [0.4, 0.5) is 8.78 Å². The summed E-state index contributed by atoms with van der Waals surface area (Å²) in [5, 5.41) is 3.20. The first kappa shape index (κ1) is 10.6. The smallest absolute Gasteiger partial charge is 0.129 e. The molecule has 1 aliphatic heterocycles. The molecule has 1 heterocycles. The molecule has 0 radical (unpaired) electrons. The quantitative estimate of drug-likeness (QED) is 0.792. The molecule has 0 spiro atoms. The monoisotopic (exact) mass is 211 g/mol. The molecule has 0 aliphatic carbocycles. The predicted molar refractivity (Wildman–Crippen MR) is 55.8 cm³/mol. The Bertz CT molecular complexity index is 334. The van der Waals surface area contributed by atoms with E-state index in [1.54, 1.807) is 6.92 Å². The molecule has 1 aromatic rings. The number of rotatable bonds is 2. The molecule has 1 saturated heterocycles. The topological polar surface area (TPSA) is 12.0 Å². The minimum absolute atomic E-state index is 0.245. The van der Waals surface area contributed by atoms with E-state index >= 15 is 0 Å². The Hall–Kier alpha value is -0.960. The van der Waals surface area contributed by atoms with Crippen LogP contribution in [-0.4, -0.2) is 13.1 Å². The maximum absolute atomic E-state index is 13.5. The van der Waals surface area contributed by atoms with Crippen molar-refractivity contribution in [2.75, 3.05) is 13.1 Å². The van der Waals surface area contributed by atoms with E-state index in [1.807, 2.05) is 0 Å². The van der Waals surface area contributed by atoms with Crippen LogP contribution in [0.1, 0.15) is 17.5 Å². The Morgan fingerprint density at radius 3 is 2.53 bits per heavy atom. The van der Waals surface area contributed by atoms with Crippen LogP contribution in [0.5, 0.6) is 0 Å². The lowest BCUT2D eigenvalue weighted by Crippen LogP contribution is -2.12. The Labute approximate surface area is 88.5 Å². The molecule has 1 atom stereocenters. The van der Waals surface area contributed by atoms with Crippen LogP contribution < -0.4 is 5.32 Å². The maximum Gasteiger partial charge on any atom is 0.129 e. The molecular weight excluding hydrogens is 196 g/mol. The molecular formula is C12H15F2N. The molecule has 15 heavy (non-hydrogen) atoms. The maximum atomic E-state index is 13.5. The highest BCUT2D eigenvalue weighted by Gasteiger charge is 2.19. The summed E-state index contributed by atoms with van der Waals surface area (Å²) in [7, 11) is 0. The van der Waals surface area contributed by atoms with E-state index in [0.29, 0.717) is 17.9 Å². The SMILES string of the molecule is Cc1cc(F)c(CC2CCNC2)c(F)c1. The molecule has 2 rings (SSSR count). The standard InChI is InChI=1S/C12H15F2N/c1-8-4-11(13)10(12(14)5-8)6-9-2-3-15-7-9/h4-5,9,15H,2-3,6-7H2,1H3. The van der Waals surface area contributed by atoms with Gasteiger partial charge in [-0.05, 0) is 56.5 Å². The molecule has 1 unspecified atom stereocenters. The number of halogens is 2. The summed E-state index contributed by atoms with van der Waals surface area (Å²) >= 11 is 0. The number of benzene rings is 1. The summed E-state index contributed by atoms with van der Waals surface area (Å²) in [4.78, 5) is 0. The fourth-order valence-electron chi connectivity index (χ4n) is 2.10. The van der Waals surface area contributed by atoms with Crippen LogP contribution in [0.25, 0.3) is 0 Å². The van der Waals surface area contributed by atoms with Gasteiger partial charge in [0.1, 0.15) is 11.6 Å². The van der Waals surface area contributed by atoms with Gasteiger partial charge in [-0.15, -0.1) is 0 Å². The summed E-state index contributed by atoms with van der Waals surface area (Å²) in [6.07, 6.45) is 1.51. The predicted octanol–water partition coefficient (Wildman–Crippen LogP) is 2.43. The first-order valence-corrected chi connectivity index (χ1v) is 5.32. The molecule has 3 heteroatoms. The first-order valence-electron chi connectivity index (χ1n) is 5.32. The second-order valence-electron chi connectivity index (χ2n) is 4.27. The van der Waals surface area contributed by atoms with Crippen LogP contribution in [0.15, 0.2) is 12.1 Å².